The van der Waals surface area contributed by atoms with Crippen molar-refractivity contribution < 1.29 is 33.7 Å². The highest BCUT2D eigenvalue weighted by atomic mass is 32.2. The van der Waals surface area contributed by atoms with Gasteiger partial charge in [-0.05, 0) is 24.6 Å². The molecule has 41 heavy (non-hydrogen) atoms. The summed E-state index contributed by atoms with van der Waals surface area (Å²) >= 11 is 2.97. The highest BCUT2D eigenvalue weighted by Crippen LogP contribution is 2.52. The topological polar surface area (TPSA) is 120 Å². The summed E-state index contributed by atoms with van der Waals surface area (Å²) in [7, 11) is 0. The molecule has 1 unspecified atom stereocenters. The number of ether oxygens (including phenoxy) is 3. The van der Waals surface area contributed by atoms with E-state index in [1.165, 1.54) is 34.9 Å². The third-order valence-electron chi connectivity index (χ3n) is 7.48. The molecule has 1 N–H and O–H groups in total. The minimum Gasteiger partial charge on any atom is -0.421 e. The van der Waals surface area contributed by atoms with Gasteiger partial charge in [0.05, 0.1) is 22.9 Å². The maximum Gasteiger partial charge on any atom is 0.516 e. The zero-order chi connectivity index (χ0) is 29.0. The Morgan fingerprint density at radius 3 is 2.63 bits per heavy atom. The van der Waals surface area contributed by atoms with E-state index in [1.807, 2.05) is 54.1 Å². The summed E-state index contributed by atoms with van der Waals surface area (Å²) in [6, 6.07) is 12.3. The Bertz CT molecular complexity index is 1720. The Kier molecular flexibility index (Phi) is 7.00. The van der Waals surface area contributed by atoms with Gasteiger partial charge in [0.25, 0.3) is 0 Å². The quantitative estimate of drug-likeness (QED) is 0.104. The fraction of sp³-hybridized carbons (Fsp3) is 0.310. The lowest BCUT2D eigenvalue weighted by Gasteiger charge is -2.46. The number of aliphatic hydroxyl groups excluding tert-OH is 1. The van der Waals surface area contributed by atoms with Gasteiger partial charge in [0.2, 0.25) is 12.2 Å². The average molecular weight is 594 g/mol. The summed E-state index contributed by atoms with van der Waals surface area (Å²) in [5, 5.41) is 12.8. The SMILES string of the molecule is CSc1ncn2cc(C3=C(C(=O)OC(C)OC(=O)Oc4cccc5ccccc45)N4C(=O)[C@H]([C@@H](C)O)[C@H]4[C@H]3C)sc12. The molecule has 2 aliphatic heterocycles. The van der Waals surface area contributed by atoms with E-state index in [4.69, 9.17) is 14.2 Å². The summed E-state index contributed by atoms with van der Waals surface area (Å²) in [6.07, 6.45) is 2.31. The molecule has 0 radical (unpaired) electrons. The van der Waals surface area contributed by atoms with Crippen LogP contribution in [0.3, 0.4) is 0 Å². The van der Waals surface area contributed by atoms with E-state index in [0.29, 0.717) is 11.3 Å². The summed E-state index contributed by atoms with van der Waals surface area (Å²) < 4.78 is 18.1. The minimum atomic E-state index is -1.30. The van der Waals surface area contributed by atoms with Crippen LogP contribution < -0.4 is 4.74 Å². The van der Waals surface area contributed by atoms with Gasteiger partial charge in [0.15, 0.2) is 0 Å². The van der Waals surface area contributed by atoms with Crippen molar-refractivity contribution in [1.82, 2.24) is 14.3 Å². The van der Waals surface area contributed by atoms with Crippen LogP contribution in [0.25, 0.3) is 21.2 Å². The van der Waals surface area contributed by atoms with Crippen molar-refractivity contribution in [3.05, 3.63) is 65.6 Å². The number of thioether (sulfide) groups is 1. The second-order valence-corrected chi connectivity index (χ2v) is 11.8. The van der Waals surface area contributed by atoms with Crippen LogP contribution >= 0.6 is 23.1 Å². The Balaban J connectivity index is 1.25. The minimum absolute atomic E-state index is 0.0884. The molecule has 5 atom stereocenters. The van der Waals surface area contributed by atoms with Crippen molar-refractivity contribution in [3.8, 4) is 5.75 Å². The standard InChI is InChI=1S/C29H27N3O7S2/c1-14-21(20-12-31-13-30-25(40-4)27(31)41-20)24(32-23(14)22(15(2)33)26(32)34)28(35)37-16(3)38-29(36)39-19-11-7-9-17-8-5-6-10-18(17)19/h5-16,22-23,33H,1-4H3/t14-,15+,16?,22+,23+/m0/s1. The van der Waals surface area contributed by atoms with Crippen LogP contribution in [0.4, 0.5) is 4.79 Å². The number of amides is 1. The van der Waals surface area contributed by atoms with Crippen molar-refractivity contribution in [2.45, 2.75) is 44.2 Å². The molecule has 0 saturated carbocycles. The zero-order valence-corrected chi connectivity index (χ0v) is 24.3. The van der Waals surface area contributed by atoms with Crippen LogP contribution in [0.5, 0.6) is 5.75 Å². The number of hydrogen-bond acceptors (Lipinski definition) is 10. The second-order valence-electron chi connectivity index (χ2n) is 10.00. The molecule has 12 heteroatoms. The molecule has 6 rings (SSSR count). The van der Waals surface area contributed by atoms with Crippen LogP contribution in [-0.4, -0.2) is 62.1 Å². The predicted molar refractivity (Wildman–Crippen MR) is 153 cm³/mol. The van der Waals surface area contributed by atoms with E-state index >= 15 is 0 Å². The Morgan fingerprint density at radius 2 is 1.88 bits per heavy atom. The van der Waals surface area contributed by atoms with E-state index in [-0.39, 0.29) is 17.5 Å². The first-order chi connectivity index (χ1) is 19.7. The number of hydrogen-bond donors (Lipinski definition) is 1. The average Bonchev–Trinajstić information content (AvgIpc) is 3.58. The number of aliphatic hydroxyl groups is 1. The molecule has 0 spiro atoms. The summed E-state index contributed by atoms with van der Waals surface area (Å²) in [5.41, 5.74) is 0.730. The maximum absolute atomic E-state index is 13.6. The highest BCUT2D eigenvalue weighted by molar-refractivity contribution is 7.98. The number of rotatable bonds is 7. The second kappa shape index (κ2) is 10.5. The van der Waals surface area contributed by atoms with Gasteiger partial charge in [-0.25, -0.2) is 14.6 Å². The first-order valence-electron chi connectivity index (χ1n) is 13.0. The molecule has 2 aromatic carbocycles. The molecule has 4 heterocycles. The lowest BCUT2D eigenvalue weighted by molar-refractivity contribution is -0.172. The molecule has 0 aliphatic carbocycles. The molecule has 0 bridgehead atoms. The van der Waals surface area contributed by atoms with Crippen LogP contribution in [-0.2, 0) is 19.1 Å². The molecule has 1 amide bonds. The Labute approximate surface area is 243 Å². The number of thiazole rings is 1. The molecule has 1 saturated heterocycles. The number of carbonyl (C=O) groups is 3. The van der Waals surface area contributed by atoms with Gasteiger partial charge in [0.1, 0.15) is 27.6 Å². The number of nitrogens with zero attached hydrogens (tertiary/aromatic N) is 3. The van der Waals surface area contributed by atoms with Gasteiger partial charge >= 0.3 is 12.1 Å². The smallest absolute Gasteiger partial charge is 0.421 e. The van der Waals surface area contributed by atoms with Crippen LogP contribution in [0.15, 0.2) is 65.7 Å². The zero-order valence-electron chi connectivity index (χ0n) is 22.6. The molecule has 2 aromatic heterocycles. The summed E-state index contributed by atoms with van der Waals surface area (Å²) in [6.45, 7) is 4.91. The van der Waals surface area contributed by atoms with Gasteiger partial charge in [0, 0.05) is 30.0 Å². The van der Waals surface area contributed by atoms with Crippen molar-refractivity contribution in [1.29, 1.82) is 0 Å². The third kappa shape index (κ3) is 4.55. The Morgan fingerprint density at radius 1 is 1.12 bits per heavy atom. The molecule has 4 aromatic rings. The molecule has 10 nitrogen and oxygen atoms in total. The van der Waals surface area contributed by atoms with E-state index in [0.717, 1.165) is 25.5 Å². The fourth-order valence-corrected chi connectivity index (χ4v) is 7.61. The number of carbonyl (C=O) groups excluding carboxylic acids is 3. The monoisotopic (exact) mass is 593 g/mol. The van der Waals surface area contributed by atoms with E-state index in [9.17, 15) is 19.5 Å². The van der Waals surface area contributed by atoms with Crippen LogP contribution in [0, 0.1) is 11.8 Å². The lowest BCUT2D eigenvalue weighted by Crippen LogP contribution is -2.63. The number of imidazole rings is 1. The van der Waals surface area contributed by atoms with Crippen molar-refractivity contribution >= 4 is 62.3 Å². The first-order valence-corrected chi connectivity index (χ1v) is 15.1. The van der Waals surface area contributed by atoms with Gasteiger partial charge in [-0.3, -0.25) is 9.20 Å². The predicted octanol–water partition coefficient (Wildman–Crippen LogP) is 4.94. The largest absolute Gasteiger partial charge is 0.516 e. The summed E-state index contributed by atoms with van der Waals surface area (Å²) in [5.74, 6) is -1.73. The molecule has 2 aliphatic rings. The van der Waals surface area contributed by atoms with Crippen molar-refractivity contribution in [2.75, 3.05) is 6.26 Å². The fourth-order valence-electron chi connectivity index (χ4n) is 5.69. The van der Waals surface area contributed by atoms with Crippen LogP contribution in [0.2, 0.25) is 0 Å². The number of aromatic nitrogens is 2. The number of fused-ring (bicyclic) bond motifs is 3. The van der Waals surface area contributed by atoms with Gasteiger partial charge in [-0.15, -0.1) is 23.1 Å². The van der Waals surface area contributed by atoms with Gasteiger partial charge < -0.3 is 24.2 Å². The van der Waals surface area contributed by atoms with E-state index in [2.05, 4.69) is 4.98 Å². The molecule has 1 fully saturated rings. The van der Waals surface area contributed by atoms with E-state index in [1.54, 1.807) is 25.4 Å². The van der Waals surface area contributed by atoms with Crippen molar-refractivity contribution in [2.24, 2.45) is 11.8 Å². The van der Waals surface area contributed by atoms with Crippen LogP contribution in [0.1, 0.15) is 25.6 Å². The highest BCUT2D eigenvalue weighted by Gasteiger charge is 2.60. The normalized spacial score (nSPS) is 21.5. The van der Waals surface area contributed by atoms with Gasteiger partial charge in [-0.1, -0.05) is 43.3 Å². The number of β-lactam (4-membered cyclic amide) rings is 1. The number of esters is 1. The Hall–Kier alpha value is -3.87. The molecular weight excluding hydrogens is 566 g/mol. The maximum atomic E-state index is 13.6. The van der Waals surface area contributed by atoms with Gasteiger partial charge in [-0.2, -0.15) is 0 Å². The lowest BCUT2D eigenvalue weighted by atomic mass is 9.77. The first kappa shape index (κ1) is 27.3. The third-order valence-corrected chi connectivity index (χ3v) is 9.44. The molecular formula is C29H27N3O7S2. The van der Waals surface area contributed by atoms with E-state index < -0.39 is 36.5 Å². The number of benzene rings is 2. The summed E-state index contributed by atoms with van der Waals surface area (Å²) in [4.78, 5) is 46.8. The van der Waals surface area contributed by atoms with Crippen molar-refractivity contribution in [3.63, 3.8) is 0 Å². The molecule has 212 valence electrons.